The highest BCUT2D eigenvalue weighted by molar-refractivity contribution is 5.34. The van der Waals surface area contributed by atoms with Gasteiger partial charge in [0.2, 0.25) is 0 Å². The van der Waals surface area contributed by atoms with Crippen LogP contribution in [0.5, 0.6) is 0 Å². The van der Waals surface area contributed by atoms with E-state index in [2.05, 4.69) is 20.5 Å². The topological polar surface area (TPSA) is 50.7 Å². The lowest BCUT2D eigenvalue weighted by Gasteiger charge is -2.12. The molecule has 4 heteroatoms. The molecule has 0 saturated carbocycles. The van der Waals surface area contributed by atoms with Gasteiger partial charge in [-0.2, -0.15) is 5.10 Å². The summed E-state index contributed by atoms with van der Waals surface area (Å²) in [6.45, 7) is 2.04. The summed E-state index contributed by atoms with van der Waals surface area (Å²) < 4.78 is 0. The molecule has 1 atom stereocenters. The van der Waals surface area contributed by atoms with Crippen molar-refractivity contribution in [2.45, 2.75) is 13.0 Å². The highest BCUT2D eigenvalue weighted by Gasteiger charge is 2.05. The van der Waals surface area contributed by atoms with Crippen molar-refractivity contribution < 1.29 is 0 Å². The number of aromatic nitrogens is 3. The van der Waals surface area contributed by atoms with E-state index in [4.69, 9.17) is 0 Å². The van der Waals surface area contributed by atoms with Crippen LogP contribution in [0.15, 0.2) is 42.7 Å². The minimum atomic E-state index is 0.128. The van der Waals surface area contributed by atoms with Crippen molar-refractivity contribution in [3.05, 3.63) is 48.4 Å². The van der Waals surface area contributed by atoms with Gasteiger partial charge >= 0.3 is 0 Å². The highest BCUT2D eigenvalue weighted by Crippen LogP contribution is 2.13. The molecule has 0 amide bonds. The molecule has 0 spiro atoms. The van der Waals surface area contributed by atoms with Crippen LogP contribution < -0.4 is 5.32 Å². The Morgan fingerprint density at radius 2 is 2.07 bits per heavy atom. The lowest BCUT2D eigenvalue weighted by atomic mass is 10.2. The van der Waals surface area contributed by atoms with Crippen LogP contribution in [0, 0.1) is 0 Å². The molecule has 0 aliphatic heterocycles. The number of pyridine rings is 1. The summed E-state index contributed by atoms with van der Waals surface area (Å²) in [5, 5.41) is 11.0. The molecule has 0 aliphatic rings. The van der Waals surface area contributed by atoms with Crippen LogP contribution in [-0.2, 0) is 0 Å². The molecule has 2 aromatic heterocycles. The van der Waals surface area contributed by atoms with Crippen molar-refractivity contribution >= 4 is 5.82 Å². The molecule has 0 aliphatic carbocycles. The highest BCUT2D eigenvalue weighted by atomic mass is 15.2. The van der Waals surface area contributed by atoms with Gasteiger partial charge in [0, 0.05) is 12.4 Å². The SMILES string of the molecule is CC(Nc1cccnn1)c1ccccn1. The molecule has 2 heterocycles. The second-order valence-electron chi connectivity index (χ2n) is 3.23. The van der Waals surface area contributed by atoms with E-state index in [0.29, 0.717) is 0 Å². The van der Waals surface area contributed by atoms with Crippen LogP contribution in [0.1, 0.15) is 18.7 Å². The average molecular weight is 200 g/mol. The van der Waals surface area contributed by atoms with Crippen LogP contribution in [-0.4, -0.2) is 15.2 Å². The Morgan fingerprint density at radius 1 is 1.13 bits per heavy atom. The third-order valence-corrected chi connectivity index (χ3v) is 2.07. The van der Waals surface area contributed by atoms with Crippen molar-refractivity contribution in [2.24, 2.45) is 0 Å². The summed E-state index contributed by atoms with van der Waals surface area (Å²) >= 11 is 0. The van der Waals surface area contributed by atoms with E-state index < -0.39 is 0 Å². The molecule has 0 bridgehead atoms. The van der Waals surface area contributed by atoms with Gasteiger partial charge in [-0.1, -0.05) is 6.07 Å². The molecule has 0 saturated heterocycles. The fourth-order valence-corrected chi connectivity index (χ4v) is 1.31. The molecular formula is C11H12N4. The Balaban J connectivity index is 2.08. The predicted molar refractivity (Wildman–Crippen MR) is 58.3 cm³/mol. The molecule has 1 N–H and O–H groups in total. The van der Waals surface area contributed by atoms with Gasteiger partial charge in [0.25, 0.3) is 0 Å². The van der Waals surface area contributed by atoms with E-state index in [-0.39, 0.29) is 6.04 Å². The smallest absolute Gasteiger partial charge is 0.149 e. The van der Waals surface area contributed by atoms with Crippen LogP contribution in [0.25, 0.3) is 0 Å². The fraction of sp³-hybridized carbons (Fsp3) is 0.182. The minimum Gasteiger partial charge on any atom is -0.360 e. The molecule has 0 radical (unpaired) electrons. The lowest BCUT2D eigenvalue weighted by Crippen LogP contribution is -2.09. The molecule has 0 fully saturated rings. The number of nitrogens with one attached hydrogen (secondary N) is 1. The standard InChI is InChI=1S/C11H12N4/c1-9(10-5-2-3-7-12-10)14-11-6-4-8-13-15-11/h2-9H,1H3,(H,14,15). The first kappa shape index (κ1) is 9.58. The van der Waals surface area contributed by atoms with Crippen LogP contribution in [0.3, 0.4) is 0 Å². The third kappa shape index (κ3) is 2.49. The fourth-order valence-electron chi connectivity index (χ4n) is 1.31. The Bertz CT molecular complexity index is 401. The van der Waals surface area contributed by atoms with Gasteiger partial charge in [0.05, 0.1) is 11.7 Å². The lowest BCUT2D eigenvalue weighted by molar-refractivity contribution is 0.823. The average Bonchev–Trinajstić information content (AvgIpc) is 2.31. The second-order valence-corrected chi connectivity index (χ2v) is 3.23. The Labute approximate surface area is 88.4 Å². The zero-order chi connectivity index (χ0) is 10.5. The van der Waals surface area contributed by atoms with Gasteiger partial charge in [0.1, 0.15) is 5.82 Å². The van der Waals surface area contributed by atoms with Gasteiger partial charge in [-0.15, -0.1) is 5.10 Å². The summed E-state index contributed by atoms with van der Waals surface area (Å²) in [5.74, 6) is 0.760. The van der Waals surface area contributed by atoms with E-state index in [9.17, 15) is 0 Å². The van der Waals surface area contributed by atoms with Gasteiger partial charge in [0.15, 0.2) is 0 Å². The first-order valence-electron chi connectivity index (χ1n) is 4.81. The molecule has 2 aromatic rings. The number of rotatable bonds is 3. The third-order valence-electron chi connectivity index (χ3n) is 2.07. The maximum atomic E-state index is 4.26. The van der Waals surface area contributed by atoms with Gasteiger partial charge in [-0.25, -0.2) is 0 Å². The summed E-state index contributed by atoms with van der Waals surface area (Å²) in [5.41, 5.74) is 0.989. The molecule has 76 valence electrons. The predicted octanol–water partition coefficient (Wildman–Crippen LogP) is 2.04. The van der Waals surface area contributed by atoms with E-state index in [1.165, 1.54) is 0 Å². The largest absolute Gasteiger partial charge is 0.360 e. The van der Waals surface area contributed by atoms with Gasteiger partial charge in [-0.3, -0.25) is 4.98 Å². The molecule has 0 aromatic carbocycles. The van der Waals surface area contributed by atoms with Gasteiger partial charge in [-0.05, 0) is 31.2 Å². The van der Waals surface area contributed by atoms with Crippen molar-refractivity contribution in [2.75, 3.05) is 5.32 Å². The normalized spacial score (nSPS) is 12.1. The summed E-state index contributed by atoms with van der Waals surface area (Å²) in [7, 11) is 0. The summed E-state index contributed by atoms with van der Waals surface area (Å²) in [4.78, 5) is 4.26. The van der Waals surface area contributed by atoms with Crippen molar-refractivity contribution in [1.29, 1.82) is 0 Å². The zero-order valence-electron chi connectivity index (χ0n) is 8.46. The number of anilines is 1. The minimum absolute atomic E-state index is 0.128. The first-order chi connectivity index (χ1) is 7.36. The van der Waals surface area contributed by atoms with E-state index in [1.54, 1.807) is 12.4 Å². The molecule has 15 heavy (non-hydrogen) atoms. The number of hydrogen-bond acceptors (Lipinski definition) is 4. The maximum Gasteiger partial charge on any atom is 0.149 e. The van der Waals surface area contributed by atoms with Crippen LogP contribution in [0.2, 0.25) is 0 Å². The van der Waals surface area contributed by atoms with Crippen molar-refractivity contribution in [3.63, 3.8) is 0 Å². The molecular weight excluding hydrogens is 188 g/mol. The van der Waals surface area contributed by atoms with E-state index >= 15 is 0 Å². The maximum absolute atomic E-state index is 4.26. The summed E-state index contributed by atoms with van der Waals surface area (Å²) in [6.07, 6.45) is 3.43. The Hall–Kier alpha value is -1.97. The Morgan fingerprint density at radius 3 is 2.73 bits per heavy atom. The molecule has 1 unspecified atom stereocenters. The number of nitrogens with zero attached hydrogens (tertiary/aromatic N) is 3. The second kappa shape index (κ2) is 4.50. The molecule has 2 rings (SSSR count). The van der Waals surface area contributed by atoms with E-state index in [1.807, 2.05) is 37.3 Å². The quantitative estimate of drug-likeness (QED) is 0.823. The summed E-state index contributed by atoms with van der Waals surface area (Å²) in [6, 6.07) is 9.71. The zero-order valence-corrected chi connectivity index (χ0v) is 8.46. The first-order valence-corrected chi connectivity index (χ1v) is 4.81. The molecule has 4 nitrogen and oxygen atoms in total. The van der Waals surface area contributed by atoms with Gasteiger partial charge < -0.3 is 5.32 Å². The van der Waals surface area contributed by atoms with Crippen LogP contribution >= 0.6 is 0 Å². The Kier molecular flexibility index (Phi) is 2.88. The van der Waals surface area contributed by atoms with Crippen LogP contribution in [0.4, 0.5) is 5.82 Å². The van der Waals surface area contributed by atoms with E-state index in [0.717, 1.165) is 11.5 Å². The van der Waals surface area contributed by atoms with Crippen molar-refractivity contribution in [3.8, 4) is 0 Å². The number of hydrogen-bond donors (Lipinski definition) is 1. The van der Waals surface area contributed by atoms with Crippen molar-refractivity contribution in [1.82, 2.24) is 15.2 Å². The monoisotopic (exact) mass is 200 g/mol.